The molecule has 5 nitrogen and oxygen atoms in total. The van der Waals surface area contributed by atoms with Crippen molar-refractivity contribution in [3.05, 3.63) is 41.0 Å². The van der Waals surface area contributed by atoms with Crippen LogP contribution in [0.15, 0.2) is 22.7 Å². The minimum absolute atomic E-state index is 0.00760. The average Bonchev–Trinajstić information content (AvgIpc) is 3.08. The summed E-state index contributed by atoms with van der Waals surface area (Å²) in [4.78, 5) is 18.7. The van der Waals surface area contributed by atoms with Crippen LogP contribution in [0.1, 0.15) is 53.9 Å². The van der Waals surface area contributed by atoms with Crippen molar-refractivity contribution in [1.29, 1.82) is 0 Å². The monoisotopic (exact) mass is 297 g/mol. The van der Waals surface area contributed by atoms with E-state index in [2.05, 4.69) is 23.1 Å². The fourth-order valence-corrected chi connectivity index (χ4v) is 3.13. The van der Waals surface area contributed by atoms with Gasteiger partial charge in [0.05, 0.1) is 5.92 Å². The van der Waals surface area contributed by atoms with Gasteiger partial charge in [0.25, 0.3) is 0 Å². The van der Waals surface area contributed by atoms with Crippen molar-refractivity contribution >= 4 is 11.6 Å². The Morgan fingerprint density at radius 3 is 2.77 bits per heavy atom. The van der Waals surface area contributed by atoms with Crippen molar-refractivity contribution in [3.63, 3.8) is 0 Å². The van der Waals surface area contributed by atoms with Crippen LogP contribution in [0.25, 0.3) is 0 Å². The van der Waals surface area contributed by atoms with Crippen molar-refractivity contribution in [1.82, 2.24) is 10.1 Å². The number of amides is 1. The van der Waals surface area contributed by atoms with E-state index in [0.29, 0.717) is 24.8 Å². The van der Waals surface area contributed by atoms with E-state index in [-0.39, 0.29) is 11.8 Å². The molecule has 0 spiro atoms. The highest BCUT2D eigenvalue weighted by Crippen LogP contribution is 2.39. The lowest BCUT2D eigenvalue weighted by Crippen LogP contribution is -2.25. The zero-order chi connectivity index (χ0) is 15.3. The molecule has 1 saturated heterocycles. The van der Waals surface area contributed by atoms with Gasteiger partial charge in [-0.05, 0) is 38.3 Å². The summed E-state index contributed by atoms with van der Waals surface area (Å²) in [5.41, 5.74) is 3.31. The molecule has 1 saturated carbocycles. The van der Waals surface area contributed by atoms with Crippen LogP contribution in [0.5, 0.6) is 0 Å². The molecule has 1 aliphatic heterocycles. The third-order valence-electron chi connectivity index (χ3n) is 4.52. The summed E-state index contributed by atoms with van der Waals surface area (Å²) in [5, 5.41) is 4.06. The van der Waals surface area contributed by atoms with E-state index < -0.39 is 0 Å². The third-order valence-corrected chi connectivity index (χ3v) is 4.52. The Kier molecular flexibility index (Phi) is 3.03. The molecule has 4 rings (SSSR count). The fourth-order valence-electron chi connectivity index (χ4n) is 3.13. The Morgan fingerprint density at radius 1 is 1.23 bits per heavy atom. The second-order valence-electron chi connectivity index (χ2n) is 6.46. The summed E-state index contributed by atoms with van der Waals surface area (Å²) >= 11 is 0. The number of aromatic nitrogens is 2. The molecule has 2 heterocycles. The number of rotatable bonds is 3. The van der Waals surface area contributed by atoms with E-state index in [4.69, 9.17) is 4.52 Å². The van der Waals surface area contributed by atoms with E-state index >= 15 is 0 Å². The number of carbonyl (C=O) groups excluding carboxylic acids is 1. The first-order valence-corrected chi connectivity index (χ1v) is 7.83. The van der Waals surface area contributed by atoms with E-state index in [0.717, 1.165) is 29.9 Å². The number of carbonyl (C=O) groups is 1. The Hall–Kier alpha value is -2.17. The first kappa shape index (κ1) is 13.5. The Bertz CT molecular complexity index is 733. The Labute approximate surface area is 129 Å². The summed E-state index contributed by atoms with van der Waals surface area (Å²) in [6.07, 6.45) is 2.74. The normalized spacial score (nSPS) is 21.6. The van der Waals surface area contributed by atoms with Crippen LogP contribution in [0.4, 0.5) is 5.69 Å². The molecule has 2 aromatic rings. The minimum Gasteiger partial charge on any atom is -0.339 e. The number of nitrogens with zero attached hydrogens (tertiary/aromatic N) is 3. The summed E-state index contributed by atoms with van der Waals surface area (Å²) in [5.74, 6) is 2.04. The molecule has 5 heteroatoms. The number of hydrogen-bond donors (Lipinski definition) is 0. The highest BCUT2D eigenvalue weighted by atomic mass is 16.5. The lowest BCUT2D eigenvalue weighted by Gasteiger charge is -2.19. The highest BCUT2D eigenvalue weighted by Gasteiger charge is 2.37. The number of aryl methyl sites for hydroxylation is 2. The first-order valence-electron chi connectivity index (χ1n) is 7.83. The first-order chi connectivity index (χ1) is 10.6. The lowest BCUT2D eigenvalue weighted by molar-refractivity contribution is -0.117. The van der Waals surface area contributed by atoms with Crippen LogP contribution in [0.2, 0.25) is 0 Å². The molecule has 1 amide bonds. The van der Waals surface area contributed by atoms with Gasteiger partial charge in [0.15, 0.2) is 5.82 Å². The maximum Gasteiger partial charge on any atom is 0.232 e. The van der Waals surface area contributed by atoms with Crippen LogP contribution in [-0.2, 0) is 4.79 Å². The van der Waals surface area contributed by atoms with Crippen molar-refractivity contribution in [2.45, 2.75) is 44.9 Å². The quantitative estimate of drug-likeness (QED) is 0.873. The molecule has 22 heavy (non-hydrogen) atoms. The lowest BCUT2D eigenvalue weighted by atomic mass is 10.1. The van der Waals surface area contributed by atoms with Crippen LogP contribution in [0.3, 0.4) is 0 Å². The molecule has 0 N–H and O–H groups in total. The van der Waals surface area contributed by atoms with Gasteiger partial charge in [-0.25, -0.2) is 0 Å². The van der Waals surface area contributed by atoms with E-state index in [1.165, 1.54) is 5.56 Å². The second-order valence-corrected chi connectivity index (χ2v) is 6.46. The summed E-state index contributed by atoms with van der Waals surface area (Å²) in [6.45, 7) is 4.72. The topological polar surface area (TPSA) is 59.2 Å². The molecule has 0 unspecified atom stereocenters. The Morgan fingerprint density at radius 2 is 2.05 bits per heavy atom. The summed E-state index contributed by atoms with van der Waals surface area (Å²) < 4.78 is 5.39. The fraction of sp³-hybridized carbons (Fsp3) is 0.471. The van der Waals surface area contributed by atoms with Crippen LogP contribution >= 0.6 is 0 Å². The van der Waals surface area contributed by atoms with E-state index in [1.807, 2.05) is 24.0 Å². The minimum atomic E-state index is 0.00760. The van der Waals surface area contributed by atoms with Gasteiger partial charge < -0.3 is 9.42 Å². The predicted octanol–water partition coefficient (Wildman–Crippen LogP) is 3.08. The molecule has 1 aromatic carbocycles. The van der Waals surface area contributed by atoms with E-state index in [9.17, 15) is 4.79 Å². The molecule has 1 atom stereocenters. The molecule has 1 aromatic heterocycles. The average molecular weight is 297 g/mol. The molecule has 2 aliphatic rings. The zero-order valence-corrected chi connectivity index (χ0v) is 12.9. The zero-order valence-electron chi connectivity index (χ0n) is 12.9. The summed E-state index contributed by atoms with van der Waals surface area (Å²) in [6, 6.07) is 6.17. The highest BCUT2D eigenvalue weighted by molar-refractivity contribution is 5.97. The molecule has 114 valence electrons. The molecule has 0 radical (unpaired) electrons. The number of benzene rings is 1. The largest absolute Gasteiger partial charge is 0.339 e. The van der Waals surface area contributed by atoms with Gasteiger partial charge in [0.2, 0.25) is 11.8 Å². The van der Waals surface area contributed by atoms with Gasteiger partial charge in [-0.15, -0.1) is 0 Å². The van der Waals surface area contributed by atoms with Gasteiger partial charge >= 0.3 is 0 Å². The maximum absolute atomic E-state index is 12.4. The van der Waals surface area contributed by atoms with Crippen LogP contribution in [0, 0.1) is 13.8 Å². The number of hydrogen-bond acceptors (Lipinski definition) is 4. The van der Waals surface area contributed by atoms with Crippen molar-refractivity contribution in [3.8, 4) is 0 Å². The molecular formula is C17H19N3O2. The smallest absolute Gasteiger partial charge is 0.232 e. The number of anilines is 1. The molecular weight excluding hydrogens is 278 g/mol. The van der Waals surface area contributed by atoms with Gasteiger partial charge in [-0.2, -0.15) is 4.98 Å². The van der Waals surface area contributed by atoms with Crippen LogP contribution in [-0.4, -0.2) is 22.6 Å². The molecule has 1 aliphatic carbocycles. The second kappa shape index (κ2) is 4.93. The van der Waals surface area contributed by atoms with Gasteiger partial charge in [-0.3, -0.25) is 4.79 Å². The van der Waals surface area contributed by atoms with Gasteiger partial charge in [-0.1, -0.05) is 22.9 Å². The molecule has 0 bridgehead atoms. The van der Waals surface area contributed by atoms with Crippen LogP contribution < -0.4 is 4.90 Å². The SMILES string of the molecule is Cc1ccc(N2C[C@@H](c3nc(C4CC4)no3)CC2=O)c(C)c1. The van der Waals surface area contributed by atoms with Crippen molar-refractivity contribution in [2.75, 3.05) is 11.4 Å². The molecule has 2 fully saturated rings. The van der Waals surface area contributed by atoms with Gasteiger partial charge in [0.1, 0.15) is 0 Å². The Balaban J connectivity index is 1.57. The predicted molar refractivity (Wildman–Crippen MR) is 81.9 cm³/mol. The third kappa shape index (κ3) is 2.30. The summed E-state index contributed by atoms with van der Waals surface area (Å²) in [7, 11) is 0. The van der Waals surface area contributed by atoms with E-state index in [1.54, 1.807) is 0 Å². The van der Waals surface area contributed by atoms with Crippen molar-refractivity contribution in [2.24, 2.45) is 0 Å². The van der Waals surface area contributed by atoms with Gasteiger partial charge in [0, 0.05) is 24.6 Å². The van der Waals surface area contributed by atoms with Crippen molar-refractivity contribution < 1.29 is 9.32 Å². The maximum atomic E-state index is 12.4. The standard InChI is InChI=1S/C17H19N3O2/c1-10-3-6-14(11(2)7-10)20-9-13(8-15(20)21)17-18-16(19-22-17)12-4-5-12/h3,6-7,12-13H,4-5,8-9H2,1-2H3/t13-/m0/s1.